The van der Waals surface area contributed by atoms with Gasteiger partial charge in [0.2, 0.25) is 20.0 Å². The summed E-state index contributed by atoms with van der Waals surface area (Å²) in [5, 5.41) is 3.82. The van der Waals surface area contributed by atoms with E-state index < -0.39 is 32.0 Å². The van der Waals surface area contributed by atoms with Crippen molar-refractivity contribution in [2.75, 3.05) is 19.6 Å². The van der Waals surface area contributed by atoms with Crippen LogP contribution in [0.1, 0.15) is 5.76 Å². The summed E-state index contributed by atoms with van der Waals surface area (Å²) in [6.45, 7) is -0.683. The molecular weight excluding hydrogens is 480 g/mol. The molecule has 1 aliphatic rings. The number of benzene rings is 2. The van der Waals surface area contributed by atoms with Gasteiger partial charge in [-0.2, -0.15) is 13.7 Å². The molecule has 0 bridgehead atoms. The maximum atomic E-state index is 13.3. The second-order valence-electron chi connectivity index (χ2n) is 7.37. The maximum Gasteiger partial charge on any atom is 0.259 e. The van der Waals surface area contributed by atoms with Crippen LogP contribution in [0.2, 0.25) is 0 Å². The Bertz CT molecular complexity index is 1360. The fraction of sp³-hybridized carbons (Fsp3) is 0.182. The monoisotopic (exact) mass is 502 g/mol. The molecule has 178 valence electrons. The standard InChI is InChI=1S/C22H22N4O6S2/c27-22(24-23-16-18-8-7-15-32-18)21-17-25(33(28,29)19-9-3-1-4-10-19)13-14-26(21)34(30,31)20-11-5-2-6-12-20/h1-12,15-16,21H,13-14,17H2,(H,24,27)/b23-16-/t21-/m0/s1. The number of furan rings is 1. The Kier molecular flexibility index (Phi) is 6.93. The first-order valence-electron chi connectivity index (χ1n) is 10.3. The fourth-order valence-electron chi connectivity index (χ4n) is 3.53. The predicted molar refractivity (Wildman–Crippen MR) is 124 cm³/mol. The highest BCUT2D eigenvalue weighted by Gasteiger charge is 2.43. The number of hydrogen-bond acceptors (Lipinski definition) is 7. The van der Waals surface area contributed by atoms with Crippen molar-refractivity contribution in [1.82, 2.24) is 14.0 Å². The highest BCUT2D eigenvalue weighted by molar-refractivity contribution is 7.89. The van der Waals surface area contributed by atoms with Crippen molar-refractivity contribution >= 4 is 32.2 Å². The number of amides is 1. The van der Waals surface area contributed by atoms with Crippen LogP contribution < -0.4 is 5.43 Å². The van der Waals surface area contributed by atoms with E-state index in [-0.39, 0.29) is 29.4 Å². The first kappa shape index (κ1) is 23.8. The van der Waals surface area contributed by atoms with E-state index in [1.54, 1.807) is 48.5 Å². The number of hydrogen-bond donors (Lipinski definition) is 1. The number of sulfonamides is 2. The summed E-state index contributed by atoms with van der Waals surface area (Å²) in [6.07, 6.45) is 2.69. The molecule has 2 aromatic carbocycles. The van der Waals surface area contributed by atoms with E-state index in [2.05, 4.69) is 10.5 Å². The number of hydrazone groups is 1. The lowest BCUT2D eigenvalue weighted by Crippen LogP contribution is -2.60. The van der Waals surface area contributed by atoms with Gasteiger partial charge in [-0.1, -0.05) is 36.4 Å². The number of nitrogens with zero attached hydrogens (tertiary/aromatic N) is 3. The first-order chi connectivity index (χ1) is 16.3. The predicted octanol–water partition coefficient (Wildman–Crippen LogP) is 1.49. The van der Waals surface area contributed by atoms with Crippen LogP contribution in [-0.4, -0.2) is 63.2 Å². The van der Waals surface area contributed by atoms with Gasteiger partial charge in [0.15, 0.2) is 0 Å². The summed E-state index contributed by atoms with van der Waals surface area (Å²) in [6, 6.07) is 17.4. The van der Waals surface area contributed by atoms with Gasteiger partial charge in [0, 0.05) is 19.6 Å². The minimum Gasteiger partial charge on any atom is -0.463 e. The van der Waals surface area contributed by atoms with Crippen molar-refractivity contribution in [3.8, 4) is 0 Å². The topological polar surface area (TPSA) is 129 Å². The summed E-state index contributed by atoms with van der Waals surface area (Å²) in [7, 11) is -8.02. The lowest BCUT2D eigenvalue weighted by atomic mass is 10.2. The molecule has 1 aromatic heterocycles. The normalized spacial score (nSPS) is 18.2. The zero-order chi connectivity index (χ0) is 24.2. The number of carbonyl (C=O) groups excluding carboxylic acids is 1. The zero-order valence-corrected chi connectivity index (χ0v) is 19.5. The van der Waals surface area contributed by atoms with Gasteiger partial charge in [-0.05, 0) is 36.4 Å². The van der Waals surface area contributed by atoms with E-state index >= 15 is 0 Å². The molecule has 34 heavy (non-hydrogen) atoms. The highest BCUT2D eigenvalue weighted by Crippen LogP contribution is 2.25. The Morgan fingerprint density at radius 2 is 1.50 bits per heavy atom. The SMILES string of the molecule is O=C(N/N=C\c1ccco1)[C@@H]1CN(S(=O)(=O)c2ccccc2)CCN1S(=O)(=O)c1ccccc1. The summed E-state index contributed by atoms with van der Waals surface area (Å²) < 4.78 is 60.1. The van der Waals surface area contributed by atoms with Crippen molar-refractivity contribution < 1.29 is 26.0 Å². The number of nitrogens with one attached hydrogen (secondary N) is 1. The third-order valence-corrected chi connectivity index (χ3v) is 9.04. The van der Waals surface area contributed by atoms with Crippen molar-refractivity contribution in [2.45, 2.75) is 15.8 Å². The Hall–Kier alpha value is -3.32. The average molecular weight is 503 g/mol. The van der Waals surface area contributed by atoms with Crippen LogP contribution >= 0.6 is 0 Å². The van der Waals surface area contributed by atoms with Crippen LogP contribution in [0.4, 0.5) is 0 Å². The average Bonchev–Trinajstić information content (AvgIpc) is 3.38. The lowest BCUT2D eigenvalue weighted by Gasteiger charge is -2.38. The molecule has 10 nitrogen and oxygen atoms in total. The molecule has 1 fully saturated rings. The van der Waals surface area contributed by atoms with Gasteiger partial charge >= 0.3 is 0 Å². The molecule has 1 amide bonds. The Morgan fingerprint density at radius 3 is 2.09 bits per heavy atom. The van der Waals surface area contributed by atoms with Crippen molar-refractivity contribution in [3.63, 3.8) is 0 Å². The number of rotatable bonds is 7. The van der Waals surface area contributed by atoms with E-state index in [0.29, 0.717) is 5.76 Å². The van der Waals surface area contributed by atoms with E-state index in [1.807, 2.05) is 0 Å². The van der Waals surface area contributed by atoms with Crippen LogP contribution in [0.3, 0.4) is 0 Å². The first-order valence-corrected chi connectivity index (χ1v) is 13.2. The van der Waals surface area contributed by atoms with Crippen molar-refractivity contribution in [2.24, 2.45) is 5.10 Å². The summed E-state index contributed by atoms with van der Waals surface area (Å²) in [5.41, 5.74) is 2.30. The van der Waals surface area contributed by atoms with Crippen LogP contribution in [-0.2, 0) is 24.8 Å². The highest BCUT2D eigenvalue weighted by atomic mass is 32.2. The van der Waals surface area contributed by atoms with Gasteiger partial charge in [0.05, 0.1) is 22.3 Å². The molecule has 1 atom stereocenters. The van der Waals surface area contributed by atoms with Crippen LogP contribution in [0.5, 0.6) is 0 Å². The third-order valence-electron chi connectivity index (χ3n) is 5.24. The number of carbonyl (C=O) groups is 1. The molecule has 3 aromatic rings. The van der Waals surface area contributed by atoms with Gasteiger partial charge in [-0.3, -0.25) is 4.79 Å². The summed E-state index contributed by atoms with van der Waals surface area (Å²) in [4.78, 5) is 13.1. The summed E-state index contributed by atoms with van der Waals surface area (Å²) >= 11 is 0. The van der Waals surface area contributed by atoms with Crippen LogP contribution in [0, 0.1) is 0 Å². The smallest absolute Gasteiger partial charge is 0.259 e. The molecule has 1 N–H and O–H groups in total. The largest absolute Gasteiger partial charge is 0.463 e. The quantitative estimate of drug-likeness (QED) is 0.385. The molecule has 4 rings (SSSR count). The molecule has 2 heterocycles. The molecule has 0 spiro atoms. The van der Waals surface area contributed by atoms with Crippen molar-refractivity contribution in [3.05, 3.63) is 84.8 Å². The van der Waals surface area contributed by atoms with Gasteiger partial charge in [-0.15, -0.1) is 0 Å². The van der Waals surface area contributed by atoms with Gasteiger partial charge < -0.3 is 4.42 Å². The van der Waals surface area contributed by atoms with E-state index in [4.69, 9.17) is 4.42 Å². The molecule has 0 unspecified atom stereocenters. The second-order valence-corrected chi connectivity index (χ2v) is 11.2. The molecule has 1 saturated heterocycles. The fourth-order valence-corrected chi connectivity index (χ4v) is 6.58. The third kappa shape index (κ3) is 4.94. The van der Waals surface area contributed by atoms with Crippen LogP contribution in [0.15, 0.2) is 98.4 Å². The Balaban J connectivity index is 1.63. The van der Waals surface area contributed by atoms with E-state index in [9.17, 15) is 21.6 Å². The zero-order valence-electron chi connectivity index (χ0n) is 17.9. The minimum absolute atomic E-state index is 0.00579. The second kappa shape index (κ2) is 9.89. The Labute approximate surface area is 197 Å². The molecule has 1 aliphatic heterocycles. The molecule has 12 heteroatoms. The number of piperazine rings is 1. The summed E-state index contributed by atoms with van der Waals surface area (Å²) in [5.74, 6) is -0.388. The van der Waals surface area contributed by atoms with E-state index in [0.717, 1.165) is 8.61 Å². The van der Waals surface area contributed by atoms with Gasteiger partial charge in [0.1, 0.15) is 11.8 Å². The van der Waals surface area contributed by atoms with Crippen molar-refractivity contribution in [1.29, 1.82) is 0 Å². The minimum atomic E-state index is -4.08. The van der Waals surface area contributed by atoms with E-state index in [1.165, 1.54) is 36.7 Å². The molecule has 0 saturated carbocycles. The van der Waals surface area contributed by atoms with Crippen LogP contribution in [0.25, 0.3) is 0 Å². The molecular formula is C22H22N4O6S2. The maximum absolute atomic E-state index is 13.3. The molecule has 0 aliphatic carbocycles. The lowest BCUT2D eigenvalue weighted by molar-refractivity contribution is -0.125. The van der Waals surface area contributed by atoms with Gasteiger partial charge in [0.25, 0.3) is 5.91 Å². The van der Waals surface area contributed by atoms with Gasteiger partial charge in [-0.25, -0.2) is 22.3 Å². The molecule has 0 radical (unpaired) electrons. The Morgan fingerprint density at radius 1 is 0.882 bits per heavy atom.